The summed E-state index contributed by atoms with van der Waals surface area (Å²) in [6, 6.07) is 12.3. The zero-order valence-electron chi connectivity index (χ0n) is 11.6. The molecule has 0 amide bonds. The number of hydrogen-bond donors (Lipinski definition) is 0. The van der Waals surface area contributed by atoms with Gasteiger partial charge in [-0.15, -0.1) is 12.3 Å². The third-order valence-electron chi connectivity index (χ3n) is 3.50. The van der Waals surface area contributed by atoms with Crippen LogP contribution in [-0.2, 0) is 0 Å². The molecule has 0 spiro atoms. The van der Waals surface area contributed by atoms with Gasteiger partial charge in [-0.25, -0.2) is 0 Å². The Bertz CT molecular complexity index is 327. The molecule has 0 heterocycles. The van der Waals surface area contributed by atoms with Crippen molar-refractivity contribution in [3.63, 3.8) is 0 Å². The van der Waals surface area contributed by atoms with Gasteiger partial charge in [0.1, 0.15) is 0 Å². The largest absolute Gasteiger partial charge is 0.107 e. The lowest BCUT2D eigenvalue weighted by molar-refractivity contribution is 0.619. The number of benzene rings is 1. The zero-order valence-corrected chi connectivity index (χ0v) is 12.6. The molecule has 1 atom stereocenters. The van der Waals surface area contributed by atoms with Crippen LogP contribution in [0.3, 0.4) is 0 Å². The molecule has 0 N–H and O–H groups in total. The molecule has 0 saturated carbocycles. The lowest BCUT2D eigenvalue weighted by Gasteiger charge is -2.25. The molecular formula is C16H26Si. The van der Waals surface area contributed by atoms with Gasteiger partial charge in [-0.3, -0.25) is 0 Å². The standard InChI is InChI=1S/C16H26Si/c1-5-7-11-16(14-17(3,4)6-2)15-12-9-8-10-13-15/h6,8-10,12-13,16H,2,5,7,11,14H2,1,3-4H3. The molecule has 1 heteroatoms. The first-order valence-electron chi connectivity index (χ1n) is 6.77. The van der Waals surface area contributed by atoms with Crippen molar-refractivity contribution in [3.05, 3.63) is 48.2 Å². The number of hydrogen-bond acceptors (Lipinski definition) is 0. The summed E-state index contributed by atoms with van der Waals surface area (Å²) in [5.74, 6) is 0.732. The Morgan fingerprint density at radius 3 is 2.41 bits per heavy atom. The van der Waals surface area contributed by atoms with Crippen LogP contribution in [-0.4, -0.2) is 8.07 Å². The minimum atomic E-state index is -1.21. The lowest BCUT2D eigenvalue weighted by atomic mass is 9.95. The summed E-state index contributed by atoms with van der Waals surface area (Å²) in [5, 5.41) is 0. The van der Waals surface area contributed by atoms with E-state index in [1.54, 1.807) is 0 Å². The molecule has 0 nitrogen and oxygen atoms in total. The summed E-state index contributed by atoms with van der Waals surface area (Å²) in [5.41, 5.74) is 3.75. The second-order valence-corrected chi connectivity index (χ2v) is 10.4. The minimum absolute atomic E-state index is 0.732. The van der Waals surface area contributed by atoms with Crippen LogP contribution in [0.15, 0.2) is 42.6 Å². The maximum atomic E-state index is 4.02. The van der Waals surface area contributed by atoms with E-state index in [9.17, 15) is 0 Å². The van der Waals surface area contributed by atoms with Crippen LogP contribution in [0.5, 0.6) is 0 Å². The van der Waals surface area contributed by atoms with Gasteiger partial charge >= 0.3 is 0 Å². The Balaban J connectivity index is 2.77. The molecule has 1 aromatic carbocycles. The highest BCUT2D eigenvalue weighted by Crippen LogP contribution is 2.31. The quantitative estimate of drug-likeness (QED) is 0.566. The third-order valence-corrected chi connectivity index (χ3v) is 6.15. The van der Waals surface area contributed by atoms with E-state index >= 15 is 0 Å². The van der Waals surface area contributed by atoms with Crippen molar-refractivity contribution in [2.24, 2.45) is 0 Å². The van der Waals surface area contributed by atoms with Crippen LogP contribution in [0.2, 0.25) is 19.1 Å². The van der Waals surface area contributed by atoms with E-state index in [4.69, 9.17) is 0 Å². The smallest absolute Gasteiger partial charge is 0.0715 e. The SMILES string of the molecule is C=C[Si](C)(C)CC(CCCC)c1ccccc1. The summed E-state index contributed by atoms with van der Waals surface area (Å²) in [7, 11) is -1.21. The Kier molecular flexibility index (Phi) is 5.70. The van der Waals surface area contributed by atoms with E-state index in [-0.39, 0.29) is 0 Å². The maximum Gasteiger partial charge on any atom is 0.0715 e. The highest BCUT2D eigenvalue weighted by Gasteiger charge is 2.22. The third kappa shape index (κ3) is 4.91. The fraction of sp³-hybridized carbons (Fsp3) is 0.500. The molecule has 0 bridgehead atoms. The molecule has 0 saturated heterocycles. The predicted octanol–water partition coefficient (Wildman–Crippen LogP) is 5.39. The first kappa shape index (κ1) is 14.2. The molecule has 0 aromatic heterocycles. The summed E-state index contributed by atoms with van der Waals surface area (Å²) >= 11 is 0. The van der Waals surface area contributed by atoms with Gasteiger partial charge < -0.3 is 0 Å². The highest BCUT2D eigenvalue weighted by molar-refractivity contribution is 6.82. The highest BCUT2D eigenvalue weighted by atomic mass is 28.3. The van der Waals surface area contributed by atoms with E-state index in [0.717, 1.165) is 5.92 Å². The Labute approximate surface area is 108 Å². The second-order valence-electron chi connectivity index (χ2n) is 5.65. The van der Waals surface area contributed by atoms with Crippen LogP contribution in [0.25, 0.3) is 0 Å². The first-order chi connectivity index (χ1) is 8.09. The molecule has 17 heavy (non-hydrogen) atoms. The van der Waals surface area contributed by atoms with E-state index in [0.29, 0.717) is 0 Å². The predicted molar refractivity (Wildman–Crippen MR) is 81.2 cm³/mol. The molecule has 1 aromatic rings. The van der Waals surface area contributed by atoms with Crippen molar-refractivity contribution in [1.82, 2.24) is 0 Å². The van der Waals surface area contributed by atoms with Crippen molar-refractivity contribution in [3.8, 4) is 0 Å². The molecule has 0 fully saturated rings. The fourth-order valence-corrected chi connectivity index (χ4v) is 4.16. The molecule has 0 aliphatic rings. The molecule has 94 valence electrons. The van der Waals surface area contributed by atoms with Gasteiger partial charge in [-0.05, 0) is 23.9 Å². The summed E-state index contributed by atoms with van der Waals surface area (Å²) in [6.45, 7) is 11.1. The molecular weight excluding hydrogens is 220 g/mol. The van der Waals surface area contributed by atoms with Gasteiger partial charge in [-0.2, -0.15) is 0 Å². The molecule has 0 radical (unpaired) electrons. The Morgan fingerprint density at radius 2 is 1.88 bits per heavy atom. The lowest BCUT2D eigenvalue weighted by Crippen LogP contribution is -2.25. The first-order valence-corrected chi connectivity index (χ1v) is 10.1. The van der Waals surface area contributed by atoms with Crippen molar-refractivity contribution >= 4 is 8.07 Å². The molecule has 1 rings (SSSR count). The summed E-state index contributed by atoms with van der Waals surface area (Å²) < 4.78 is 0. The van der Waals surface area contributed by atoms with E-state index in [2.05, 4.69) is 62.6 Å². The van der Waals surface area contributed by atoms with Gasteiger partial charge in [-0.1, -0.05) is 63.2 Å². The average Bonchev–Trinajstić information content (AvgIpc) is 2.35. The average molecular weight is 246 g/mol. The van der Waals surface area contributed by atoms with E-state index in [1.807, 2.05) is 0 Å². The van der Waals surface area contributed by atoms with Crippen molar-refractivity contribution < 1.29 is 0 Å². The Hall–Kier alpha value is -0.823. The van der Waals surface area contributed by atoms with Gasteiger partial charge in [0.2, 0.25) is 0 Å². The Morgan fingerprint density at radius 1 is 1.24 bits per heavy atom. The number of rotatable bonds is 7. The topological polar surface area (TPSA) is 0 Å². The van der Waals surface area contributed by atoms with Crippen molar-refractivity contribution in [1.29, 1.82) is 0 Å². The second kappa shape index (κ2) is 6.80. The normalized spacial score (nSPS) is 13.4. The van der Waals surface area contributed by atoms with E-state index in [1.165, 1.54) is 30.9 Å². The van der Waals surface area contributed by atoms with Crippen molar-refractivity contribution in [2.45, 2.75) is 51.2 Å². The van der Waals surface area contributed by atoms with Gasteiger partial charge in [0, 0.05) is 0 Å². The molecule has 1 unspecified atom stereocenters. The summed E-state index contributed by atoms with van der Waals surface area (Å²) in [6.07, 6.45) is 3.95. The van der Waals surface area contributed by atoms with E-state index < -0.39 is 8.07 Å². The minimum Gasteiger partial charge on any atom is -0.107 e. The maximum absolute atomic E-state index is 4.02. The van der Waals surface area contributed by atoms with Crippen molar-refractivity contribution in [2.75, 3.05) is 0 Å². The summed E-state index contributed by atoms with van der Waals surface area (Å²) in [4.78, 5) is 0. The van der Waals surface area contributed by atoms with Crippen LogP contribution in [0.4, 0.5) is 0 Å². The molecule has 0 aliphatic heterocycles. The fourth-order valence-electron chi connectivity index (χ4n) is 2.28. The zero-order chi connectivity index (χ0) is 12.7. The van der Waals surface area contributed by atoms with Gasteiger partial charge in [0.05, 0.1) is 8.07 Å². The number of unbranched alkanes of at least 4 members (excludes halogenated alkanes) is 1. The molecule has 0 aliphatic carbocycles. The van der Waals surface area contributed by atoms with Crippen LogP contribution < -0.4 is 0 Å². The van der Waals surface area contributed by atoms with Crippen LogP contribution in [0, 0.1) is 0 Å². The van der Waals surface area contributed by atoms with Crippen LogP contribution >= 0.6 is 0 Å². The van der Waals surface area contributed by atoms with Crippen LogP contribution in [0.1, 0.15) is 37.7 Å². The monoisotopic (exact) mass is 246 g/mol. The van der Waals surface area contributed by atoms with Gasteiger partial charge in [0.25, 0.3) is 0 Å². The van der Waals surface area contributed by atoms with Gasteiger partial charge in [0.15, 0.2) is 0 Å².